The third-order valence-electron chi connectivity index (χ3n) is 3.38. The van der Waals surface area contributed by atoms with Crippen molar-refractivity contribution in [3.8, 4) is 11.5 Å². The Kier molecular flexibility index (Phi) is 7.92. The van der Waals surface area contributed by atoms with Crippen molar-refractivity contribution in [1.29, 1.82) is 0 Å². The summed E-state index contributed by atoms with van der Waals surface area (Å²) in [6, 6.07) is 10.2. The van der Waals surface area contributed by atoms with Gasteiger partial charge in [0.2, 0.25) is 0 Å². The van der Waals surface area contributed by atoms with E-state index >= 15 is 0 Å². The lowest BCUT2D eigenvalue weighted by Gasteiger charge is -2.06. The molecule has 0 saturated heterocycles. The number of halogens is 3. The van der Waals surface area contributed by atoms with E-state index in [0.717, 1.165) is 0 Å². The van der Waals surface area contributed by atoms with E-state index in [1.54, 1.807) is 43.3 Å². The first-order valence-corrected chi connectivity index (χ1v) is 8.92. The Hall–Kier alpha value is -2.48. The molecule has 0 spiro atoms. The molecule has 3 rings (SSSR count). The summed E-state index contributed by atoms with van der Waals surface area (Å²) in [6.45, 7) is 1.67. The molecule has 3 aromatic rings. The van der Waals surface area contributed by atoms with Crippen molar-refractivity contribution < 1.29 is 14.0 Å². The van der Waals surface area contributed by atoms with Gasteiger partial charge in [-0.2, -0.15) is 0 Å². The zero-order valence-corrected chi connectivity index (χ0v) is 17.4. The quantitative estimate of drug-likeness (QED) is 0.474. The van der Waals surface area contributed by atoms with Gasteiger partial charge in [0.15, 0.2) is 5.69 Å². The van der Waals surface area contributed by atoms with Crippen molar-refractivity contribution in [2.75, 3.05) is 14.2 Å². The summed E-state index contributed by atoms with van der Waals surface area (Å²) in [7, 11) is 3.06. The molecule has 0 aliphatic heterocycles. The smallest absolute Gasteiger partial charge is 0.384 e. The second-order valence-electron chi connectivity index (χ2n) is 5.24. The number of aromatic amines is 1. The van der Waals surface area contributed by atoms with Crippen LogP contribution in [0.15, 0.2) is 55.9 Å². The Bertz CT molecular complexity index is 1000. The third kappa shape index (κ3) is 5.51. The largest absolute Gasteiger partial charge is 0.495 e. The molecule has 7 nitrogen and oxygen atoms in total. The van der Waals surface area contributed by atoms with Crippen LogP contribution >= 0.6 is 34.8 Å². The molecule has 1 heterocycles. The molecule has 0 aliphatic carbocycles. The van der Waals surface area contributed by atoms with Crippen LogP contribution in [0.1, 0.15) is 5.69 Å². The summed E-state index contributed by atoms with van der Waals surface area (Å²) >= 11 is 17.5. The summed E-state index contributed by atoms with van der Waals surface area (Å²) in [5.74, 6) is 1.09. The predicted octanol–water partition coefficient (Wildman–Crippen LogP) is 6.36. The van der Waals surface area contributed by atoms with E-state index in [4.69, 9.17) is 44.3 Å². The van der Waals surface area contributed by atoms with E-state index in [-0.39, 0.29) is 5.69 Å². The molecule has 0 radical (unpaired) electrons. The van der Waals surface area contributed by atoms with Crippen LogP contribution < -0.4 is 15.1 Å². The number of nitrogens with zero attached hydrogens (tertiary/aromatic N) is 2. The summed E-state index contributed by atoms with van der Waals surface area (Å²) in [5, 5.41) is 11.5. The van der Waals surface area contributed by atoms with Crippen LogP contribution in [0.3, 0.4) is 0 Å². The van der Waals surface area contributed by atoms with Gasteiger partial charge >= 0.3 is 5.63 Å². The van der Waals surface area contributed by atoms with Crippen molar-refractivity contribution in [2.45, 2.75) is 6.92 Å². The molecule has 2 aromatic carbocycles. The number of nitrogens with one attached hydrogen (secondary N) is 1. The van der Waals surface area contributed by atoms with E-state index in [9.17, 15) is 4.79 Å². The van der Waals surface area contributed by atoms with E-state index in [2.05, 4.69) is 19.9 Å². The number of ether oxygens (including phenoxy) is 2. The van der Waals surface area contributed by atoms with Crippen LogP contribution in [-0.4, -0.2) is 19.4 Å². The Morgan fingerprint density at radius 2 is 1.50 bits per heavy atom. The van der Waals surface area contributed by atoms with Gasteiger partial charge in [-0.15, -0.1) is 10.2 Å². The molecule has 0 saturated carbocycles. The minimum Gasteiger partial charge on any atom is -0.495 e. The van der Waals surface area contributed by atoms with Gasteiger partial charge in [0.05, 0.1) is 35.0 Å². The number of H-pyrrole nitrogens is 1. The van der Waals surface area contributed by atoms with Crippen LogP contribution in [0.2, 0.25) is 15.1 Å². The molecule has 28 heavy (non-hydrogen) atoms. The minimum absolute atomic E-state index is 0.153. The van der Waals surface area contributed by atoms with Crippen LogP contribution in [0.4, 0.5) is 11.4 Å². The molecule has 148 valence electrons. The number of rotatable bonds is 4. The van der Waals surface area contributed by atoms with Gasteiger partial charge in [-0.25, -0.2) is 9.95 Å². The van der Waals surface area contributed by atoms with Crippen molar-refractivity contribution >= 4 is 46.2 Å². The fourth-order valence-electron chi connectivity index (χ4n) is 1.95. The van der Waals surface area contributed by atoms with Crippen LogP contribution in [0.5, 0.6) is 11.5 Å². The van der Waals surface area contributed by atoms with Gasteiger partial charge < -0.3 is 14.0 Å². The number of hydrogen-bond acceptors (Lipinski definition) is 6. The first-order chi connectivity index (χ1) is 13.4. The molecule has 1 aromatic heterocycles. The molecular formula is C18H16Cl3N3O4. The highest BCUT2D eigenvalue weighted by atomic mass is 35.5. The average molecular weight is 445 g/mol. The molecule has 0 bridgehead atoms. The van der Waals surface area contributed by atoms with Crippen molar-refractivity contribution in [3.05, 3.63) is 67.6 Å². The molecule has 10 heteroatoms. The Labute approximate surface area is 175 Å². The zero-order chi connectivity index (χ0) is 20.7. The van der Waals surface area contributed by atoms with Gasteiger partial charge in [-0.05, 0) is 19.1 Å². The van der Waals surface area contributed by atoms with Crippen molar-refractivity contribution in [1.82, 2.24) is 5.16 Å². The van der Waals surface area contributed by atoms with Crippen LogP contribution in [-0.2, 0) is 0 Å². The van der Waals surface area contributed by atoms with Gasteiger partial charge in [-0.1, -0.05) is 46.9 Å². The van der Waals surface area contributed by atoms with Crippen molar-refractivity contribution in [3.63, 3.8) is 0 Å². The molecule has 0 fully saturated rings. The Morgan fingerprint density at radius 3 is 1.96 bits per heavy atom. The second kappa shape index (κ2) is 10.2. The Balaban J connectivity index is 0.000000209. The lowest BCUT2D eigenvalue weighted by molar-refractivity contribution is 0.388. The third-order valence-corrected chi connectivity index (χ3v) is 4.29. The molecule has 1 N–H and O–H groups in total. The first kappa shape index (κ1) is 21.8. The van der Waals surface area contributed by atoms with E-state index in [1.807, 2.05) is 0 Å². The fraction of sp³-hybridized carbons (Fsp3) is 0.167. The molecule has 0 amide bonds. The standard InChI is InChI=1S/C10H8ClN3O2.C8H8Cl2O2/c1-6-9(10(15)16-14-6)13-12-8-5-3-2-4-7(8)11;1-11-7-3-6(10)8(12-2)4-5(7)9/h2-5,14H,1H3;3-4H,1-2H3. The first-order valence-electron chi connectivity index (χ1n) is 7.78. The van der Waals surface area contributed by atoms with Crippen molar-refractivity contribution in [2.24, 2.45) is 10.2 Å². The highest BCUT2D eigenvalue weighted by Crippen LogP contribution is 2.35. The van der Waals surface area contributed by atoms with Crippen LogP contribution in [0, 0.1) is 6.92 Å². The number of methoxy groups -OCH3 is 2. The topological polar surface area (TPSA) is 89.2 Å². The maximum absolute atomic E-state index is 11.2. The summed E-state index contributed by atoms with van der Waals surface area (Å²) < 4.78 is 14.5. The highest BCUT2D eigenvalue weighted by Gasteiger charge is 2.07. The van der Waals surface area contributed by atoms with Gasteiger partial charge in [0, 0.05) is 12.1 Å². The zero-order valence-electron chi connectivity index (χ0n) is 15.1. The molecule has 0 unspecified atom stereocenters. The van der Waals surface area contributed by atoms with Gasteiger partial charge in [0.25, 0.3) is 0 Å². The Morgan fingerprint density at radius 1 is 0.929 bits per heavy atom. The summed E-state index contributed by atoms with van der Waals surface area (Å²) in [5.41, 5.74) is 0.637. The van der Waals surface area contributed by atoms with E-state index in [1.165, 1.54) is 14.2 Å². The number of benzene rings is 2. The van der Waals surface area contributed by atoms with Gasteiger partial charge in [-0.3, -0.25) is 0 Å². The maximum atomic E-state index is 11.2. The lowest BCUT2D eigenvalue weighted by Crippen LogP contribution is -1.89. The van der Waals surface area contributed by atoms with E-state index in [0.29, 0.717) is 37.9 Å². The minimum atomic E-state index is -0.548. The average Bonchev–Trinajstić information content (AvgIpc) is 3.01. The predicted molar refractivity (Wildman–Crippen MR) is 109 cm³/mol. The number of aromatic nitrogens is 1. The van der Waals surface area contributed by atoms with E-state index < -0.39 is 5.63 Å². The summed E-state index contributed by atoms with van der Waals surface area (Å²) in [4.78, 5) is 11.2. The highest BCUT2D eigenvalue weighted by molar-refractivity contribution is 6.35. The lowest BCUT2D eigenvalue weighted by atomic mass is 10.3. The number of aryl methyl sites for hydroxylation is 1. The monoisotopic (exact) mass is 443 g/mol. The fourth-order valence-corrected chi connectivity index (χ4v) is 2.58. The number of hydrogen-bond donors (Lipinski definition) is 1. The molecule has 0 aliphatic rings. The number of azo groups is 1. The normalized spacial score (nSPS) is 10.5. The maximum Gasteiger partial charge on any atom is 0.384 e. The molecule has 0 atom stereocenters. The van der Waals surface area contributed by atoms with Gasteiger partial charge in [0.1, 0.15) is 17.2 Å². The summed E-state index contributed by atoms with van der Waals surface area (Å²) in [6.07, 6.45) is 0. The SMILES string of the molecule is COc1cc(Cl)c(OC)cc1Cl.Cc1[nH]oc(=O)c1N=Nc1ccccc1Cl. The molecular weight excluding hydrogens is 429 g/mol. The van der Waals surface area contributed by atoms with Crippen LogP contribution in [0.25, 0.3) is 0 Å². The second-order valence-corrected chi connectivity index (χ2v) is 6.46.